The number of piperidine rings is 1. The number of likely N-dealkylation sites (tertiary alicyclic amines) is 1. The predicted octanol–water partition coefficient (Wildman–Crippen LogP) is 5.16. The summed E-state index contributed by atoms with van der Waals surface area (Å²) in [5.41, 5.74) is 3.39. The van der Waals surface area contributed by atoms with Gasteiger partial charge in [0, 0.05) is 0 Å². The van der Waals surface area contributed by atoms with Crippen LogP contribution >= 0.6 is 0 Å². The van der Waals surface area contributed by atoms with E-state index in [1.165, 1.54) is 5.56 Å². The second-order valence-corrected chi connectivity index (χ2v) is 8.15. The lowest BCUT2D eigenvalue weighted by Crippen LogP contribution is -2.39. The van der Waals surface area contributed by atoms with Crippen LogP contribution in [0.2, 0.25) is 0 Å². The number of carbonyl (C=O) groups is 1. The number of ether oxygens (including phenoxy) is 2. The van der Waals surface area contributed by atoms with E-state index in [2.05, 4.69) is 23.1 Å². The SMILES string of the molecule is COc1cc(C(c2ccccc2)N2CCC(C(=O)O)CC2)ccc1OCc1ccccc1. The standard InChI is InChI=1S/C27H29NO4/c1-31-25-18-23(12-13-24(25)32-19-20-8-4-2-5-9-20)26(21-10-6-3-7-11-21)28-16-14-22(15-17-28)27(29)30/h2-13,18,22,26H,14-17,19H2,1H3,(H,29,30). The van der Waals surface area contributed by atoms with Crippen LogP contribution in [-0.4, -0.2) is 36.2 Å². The summed E-state index contributed by atoms with van der Waals surface area (Å²) < 4.78 is 11.7. The minimum absolute atomic E-state index is 0.0306. The Labute approximate surface area is 189 Å². The summed E-state index contributed by atoms with van der Waals surface area (Å²) in [5, 5.41) is 9.38. The van der Waals surface area contributed by atoms with Crippen molar-refractivity contribution in [2.45, 2.75) is 25.5 Å². The Morgan fingerprint density at radius 3 is 2.22 bits per heavy atom. The summed E-state index contributed by atoms with van der Waals surface area (Å²) in [6.45, 7) is 1.96. The lowest BCUT2D eigenvalue weighted by molar-refractivity contribution is -0.143. The summed E-state index contributed by atoms with van der Waals surface area (Å²) >= 11 is 0. The minimum Gasteiger partial charge on any atom is -0.493 e. The highest BCUT2D eigenvalue weighted by atomic mass is 16.5. The Hall–Kier alpha value is -3.31. The van der Waals surface area contributed by atoms with E-state index >= 15 is 0 Å². The monoisotopic (exact) mass is 431 g/mol. The molecule has 166 valence electrons. The van der Waals surface area contributed by atoms with Gasteiger partial charge in [-0.05, 0) is 54.8 Å². The van der Waals surface area contributed by atoms with Gasteiger partial charge in [-0.2, -0.15) is 0 Å². The van der Waals surface area contributed by atoms with Crippen molar-refractivity contribution in [1.82, 2.24) is 4.90 Å². The maximum Gasteiger partial charge on any atom is 0.306 e. The molecule has 0 aromatic heterocycles. The third-order valence-corrected chi connectivity index (χ3v) is 6.10. The first kappa shape index (κ1) is 21.9. The normalized spacial score (nSPS) is 15.8. The van der Waals surface area contributed by atoms with Crippen molar-refractivity contribution in [2.24, 2.45) is 5.92 Å². The van der Waals surface area contributed by atoms with Gasteiger partial charge in [0.15, 0.2) is 11.5 Å². The zero-order valence-corrected chi connectivity index (χ0v) is 18.3. The van der Waals surface area contributed by atoms with Gasteiger partial charge in [-0.15, -0.1) is 0 Å². The predicted molar refractivity (Wildman–Crippen MR) is 124 cm³/mol. The molecule has 5 heteroatoms. The van der Waals surface area contributed by atoms with Crippen molar-refractivity contribution in [2.75, 3.05) is 20.2 Å². The van der Waals surface area contributed by atoms with Crippen molar-refractivity contribution in [3.8, 4) is 11.5 Å². The molecular weight excluding hydrogens is 402 g/mol. The summed E-state index contributed by atoms with van der Waals surface area (Å²) in [7, 11) is 1.66. The van der Waals surface area contributed by atoms with Gasteiger partial charge in [-0.3, -0.25) is 9.69 Å². The van der Waals surface area contributed by atoms with Crippen LogP contribution in [0.3, 0.4) is 0 Å². The van der Waals surface area contributed by atoms with Crippen LogP contribution in [0.5, 0.6) is 11.5 Å². The molecular formula is C27H29NO4. The second-order valence-electron chi connectivity index (χ2n) is 8.15. The highest BCUT2D eigenvalue weighted by Gasteiger charge is 2.30. The molecule has 4 rings (SSSR count). The number of methoxy groups -OCH3 is 1. The summed E-state index contributed by atoms with van der Waals surface area (Å²) in [6, 6.07) is 26.5. The van der Waals surface area contributed by atoms with Gasteiger partial charge in [-0.25, -0.2) is 0 Å². The molecule has 1 aliphatic heterocycles. The molecule has 0 aliphatic carbocycles. The van der Waals surface area contributed by atoms with E-state index in [0.29, 0.717) is 30.9 Å². The highest BCUT2D eigenvalue weighted by molar-refractivity contribution is 5.70. The van der Waals surface area contributed by atoms with E-state index in [1.807, 2.05) is 60.7 Å². The summed E-state index contributed by atoms with van der Waals surface area (Å²) in [6.07, 6.45) is 1.32. The van der Waals surface area contributed by atoms with Crippen LogP contribution in [0.4, 0.5) is 0 Å². The van der Waals surface area contributed by atoms with Gasteiger partial charge >= 0.3 is 5.97 Å². The van der Waals surface area contributed by atoms with Gasteiger partial charge in [-0.1, -0.05) is 66.7 Å². The van der Waals surface area contributed by atoms with Crippen LogP contribution < -0.4 is 9.47 Å². The summed E-state index contributed by atoms with van der Waals surface area (Å²) in [4.78, 5) is 13.8. The highest BCUT2D eigenvalue weighted by Crippen LogP contribution is 2.37. The maximum absolute atomic E-state index is 11.4. The number of carboxylic acid groups (broad SMARTS) is 1. The first-order valence-electron chi connectivity index (χ1n) is 11.0. The molecule has 32 heavy (non-hydrogen) atoms. The molecule has 1 N–H and O–H groups in total. The molecule has 0 spiro atoms. The number of carboxylic acids is 1. The van der Waals surface area contributed by atoms with Gasteiger partial charge in [0.25, 0.3) is 0 Å². The van der Waals surface area contributed by atoms with Crippen molar-refractivity contribution in [1.29, 1.82) is 0 Å². The molecule has 1 unspecified atom stereocenters. The van der Waals surface area contributed by atoms with Gasteiger partial charge in [0.05, 0.1) is 19.1 Å². The molecule has 1 atom stereocenters. The van der Waals surface area contributed by atoms with E-state index in [1.54, 1.807) is 7.11 Å². The number of nitrogens with zero attached hydrogens (tertiary/aromatic N) is 1. The van der Waals surface area contributed by atoms with E-state index in [4.69, 9.17) is 9.47 Å². The molecule has 5 nitrogen and oxygen atoms in total. The van der Waals surface area contributed by atoms with Crippen molar-refractivity contribution in [3.05, 3.63) is 95.6 Å². The first-order valence-corrected chi connectivity index (χ1v) is 11.0. The second kappa shape index (κ2) is 10.3. The van der Waals surface area contributed by atoms with Crippen LogP contribution in [0.15, 0.2) is 78.9 Å². The Bertz CT molecular complexity index is 1010. The number of hydrogen-bond acceptors (Lipinski definition) is 4. The fourth-order valence-electron chi connectivity index (χ4n) is 4.36. The Morgan fingerprint density at radius 1 is 0.938 bits per heavy atom. The maximum atomic E-state index is 11.4. The molecule has 0 bridgehead atoms. The Balaban J connectivity index is 1.59. The fourth-order valence-corrected chi connectivity index (χ4v) is 4.36. The van der Waals surface area contributed by atoms with Crippen molar-refractivity contribution >= 4 is 5.97 Å². The van der Waals surface area contributed by atoms with Crippen LogP contribution in [0.1, 0.15) is 35.6 Å². The van der Waals surface area contributed by atoms with Crippen molar-refractivity contribution in [3.63, 3.8) is 0 Å². The average Bonchev–Trinajstić information content (AvgIpc) is 2.85. The lowest BCUT2D eigenvalue weighted by atomic mass is 9.91. The molecule has 3 aromatic rings. The Kier molecular flexibility index (Phi) is 7.07. The minimum atomic E-state index is -0.692. The van der Waals surface area contributed by atoms with Gasteiger partial charge in [0.1, 0.15) is 6.61 Å². The molecule has 1 aliphatic rings. The van der Waals surface area contributed by atoms with E-state index in [0.717, 1.165) is 24.2 Å². The van der Waals surface area contributed by atoms with Crippen LogP contribution in [-0.2, 0) is 11.4 Å². The van der Waals surface area contributed by atoms with E-state index < -0.39 is 5.97 Å². The first-order chi connectivity index (χ1) is 15.7. The van der Waals surface area contributed by atoms with E-state index in [9.17, 15) is 9.90 Å². The lowest BCUT2D eigenvalue weighted by Gasteiger charge is -2.37. The molecule has 0 radical (unpaired) electrons. The molecule has 1 saturated heterocycles. The average molecular weight is 432 g/mol. The molecule has 0 amide bonds. The zero-order chi connectivity index (χ0) is 22.3. The van der Waals surface area contributed by atoms with Gasteiger partial charge < -0.3 is 14.6 Å². The molecule has 1 fully saturated rings. The van der Waals surface area contributed by atoms with Crippen molar-refractivity contribution < 1.29 is 19.4 Å². The van der Waals surface area contributed by atoms with Crippen LogP contribution in [0.25, 0.3) is 0 Å². The number of aliphatic carboxylic acids is 1. The molecule has 3 aromatic carbocycles. The summed E-state index contributed by atoms with van der Waals surface area (Å²) in [5.74, 6) is 0.449. The number of hydrogen-bond donors (Lipinski definition) is 1. The third-order valence-electron chi connectivity index (χ3n) is 6.10. The fraction of sp³-hybridized carbons (Fsp3) is 0.296. The quantitative estimate of drug-likeness (QED) is 0.534. The topological polar surface area (TPSA) is 59.0 Å². The number of benzene rings is 3. The molecule has 0 saturated carbocycles. The largest absolute Gasteiger partial charge is 0.493 e. The number of rotatable bonds is 8. The zero-order valence-electron chi connectivity index (χ0n) is 18.3. The molecule has 1 heterocycles. The van der Waals surface area contributed by atoms with Crippen LogP contribution in [0, 0.1) is 5.92 Å². The Morgan fingerprint density at radius 2 is 1.59 bits per heavy atom. The van der Waals surface area contributed by atoms with Gasteiger partial charge in [0.2, 0.25) is 0 Å². The smallest absolute Gasteiger partial charge is 0.306 e. The third kappa shape index (κ3) is 5.11. The van der Waals surface area contributed by atoms with E-state index in [-0.39, 0.29) is 12.0 Å².